The van der Waals surface area contributed by atoms with Crippen LogP contribution in [-0.2, 0) is 9.84 Å². The monoisotopic (exact) mass is 292 g/mol. The third kappa shape index (κ3) is 4.85. The van der Waals surface area contributed by atoms with E-state index in [1.807, 2.05) is 0 Å². The highest BCUT2D eigenvalue weighted by Crippen LogP contribution is 2.22. The first-order valence-electron chi connectivity index (χ1n) is 5.77. The van der Waals surface area contributed by atoms with E-state index >= 15 is 0 Å². The molecule has 19 heavy (non-hydrogen) atoms. The molecule has 2 N–H and O–H groups in total. The minimum Gasteiger partial charge on any atom is -0.329 e. The Morgan fingerprint density at radius 3 is 2.47 bits per heavy atom. The summed E-state index contributed by atoms with van der Waals surface area (Å²) in [4.78, 5) is 1.65. The molecule has 0 fully saturated rings. The van der Waals surface area contributed by atoms with Crippen molar-refractivity contribution in [2.75, 3.05) is 32.1 Å². The molecule has 1 aromatic rings. The highest BCUT2D eigenvalue weighted by atomic mass is 32.2. The van der Waals surface area contributed by atoms with Gasteiger partial charge in [-0.2, -0.15) is 0 Å². The minimum atomic E-state index is -3.10. The van der Waals surface area contributed by atoms with Crippen LogP contribution in [0.5, 0.6) is 0 Å². The van der Waals surface area contributed by atoms with Gasteiger partial charge in [0.15, 0.2) is 0 Å². The largest absolute Gasteiger partial charge is 0.329 e. The zero-order valence-electron chi connectivity index (χ0n) is 10.9. The zero-order valence-corrected chi connectivity index (χ0v) is 11.8. The zero-order chi connectivity index (χ0) is 14.6. The van der Waals surface area contributed by atoms with Crippen molar-refractivity contribution in [3.05, 3.63) is 35.4 Å². The van der Waals surface area contributed by atoms with E-state index in [4.69, 9.17) is 5.73 Å². The quantitative estimate of drug-likeness (QED) is 0.847. The third-order valence-corrected chi connectivity index (χ3v) is 3.82. The standard InChI is InChI=1S/C12H18F2N2O2S/c1-16(5-6-19(2,17)18)12(8-15)10-4-3-9(13)7-11(10)14/h3-4,7,12H,5-6,8,15H2,1-2H3. The van der Waals surface area contributed by atoms with Crippen molar-refractivity contribution in [2.45, 2.75) is 6.04 Å². The van der Waals surface area contributed by atoms with Crippen molar-refractivity contribution in [3.63, 3.8) is 0 Å². The first-order valence-corrected chi connectivity index (χ1v) is 7.83. The Balaban J connectivity index is 2.87. The maximum Gasteiger partial charge on any atom is 0.148 e. The molecule has 1 rings (SSSR count). The van der Waals surface area contributed by atoms with Gasteiger partial charge in [0, 0.05) is 37.0 Å². The lowest BCUT2D eigenvalue weighted by molar-refractivity contribution is 0.258. The van der Waals surface area contributed by atoms with Crippen LogP contribution in [0.3, 0.4) is 0 Å². The maximum atomic E-state index is 13.7. The molecule has 4 nitrogen and oxygen atoms in total. The number of nitrogens with zero attached hydrogens (tertiary/aromatic N) is 1. The second-order valence-electron chi connectivity index (χ2n) is 4.53. The number of halogens is 2. The molecular weight excluding hydrogens is 274 g/mol. The second-order valence-corrected chi connectivity index (χ2v) is 6.79. The van der Waals surface area contributed by atoms with E-state index in [1.165, 1.54) is 6.07 Å². The van der Waals surface area contributed by atoms with E-state index in [1.54, 1.807) is 11.9 Å². The molecule has 1 aromatic carbocycles. The Morgan fingerprint density at radius 1 is 1.37 bits per heavy atom. The van der Waals surface area contributed by atoms with Crippen LogP contribution in [-0.4, -0.2) is 45.5 Å². The number of nitrogens with two attached hydrogens (primary N) is 1. The van der Waals surface area contributed by atoms with E-state index < -0.39 is 27.5 Å². The molecule has 0 saturated heterocycles. The van der Waals surface area contributed by atoms with Crippen LogP contribution in [0.25, 0.3) is 0 Å². The molecule has 0 saturated carbocycles. The van der Waals surface area contributed by atoms with Gasteiger partial charge in [-0.1, -0.05) is 6.07 Å². The molecule has 1 atom stereocenters. The van der Waals surface area contributed by atoms with Crippen molar-refractivity contribution in [1.29, 1.82) is 0 Å². The van der Waals surface area contributed by atoms with E-state index in [0.717, 1.165) is 18.4 Å². The molecule has 0 bridgehead atoms. The number of sulfone groups is 1. The molecule has 0 heterocycles. The number of benzene rings is 1. The molecular formula is C12H18F2N2O2S. The molecule has 0 radical (unpaired) electrons. The first-order chi connectivity index (χ1) is 8.74. The number of likely N-dealkylation sites (N-methyl/N-ethyl adjacent to an activating group) is 1. The second kappa shape index (κ2) is 6.40. The van der Waals surface area contributed by atoms with E-state index in [2.05, 4.69) is 0 Å². The van der Waals surface area contributed by atoms with Crippen LogP contribution in [0.15, 0.2) is 18.2 Å². The van der Waals surface area contributed by atoms with Crippen molar-refractivity contribution in [1.82, 2.24) is 4.90 Å². The van der Waals surface area contributed by atoms with E-state index in [0.29, 0.717) is 0 Å². The van der Waals surface area contributed by atoms with Crippen LogP contribution in [0, 0.1) is 11.6 Å². The fourth-order valence-corrected chi connectivity index (χ4v) is 2.40. The summed E-state index contributed by atoms with van der Waals surface area (Å²) in [6.07, 6.45) is 1.14. The number of hydrogen-bond acceptors (Lipinski definition) is 4. The van der Waals surface area contributed by atoms with Gasteiger partial charge in [-0.25, -0.2) is 17.2 Å². The highest BCUT2D eigenvalue weighted by Gasteiger charge is 2.20. The molecule has 0 spiro atoms. The lowest BCUT2D eigenvalue weighted by Gasteiger charge is -2.27. The Bertz CT molecular complexity index is 535. The molecule has 1 unspecified atom stereocenters. The van der Waals surface area contributed by atoms with Gasteiger partial charge in [-0.15, -0.1) is 0 Å². The molecule has 7 heteroatoms. The lowest BCUT2D eigenvalue weighted by Crippen LogP contribution is -2.34. The Morgan fingerprint density at radius 2 is 2.00 bits per heavy atom. The molecule has 108 valence electrons. The molecule has 0 aliphatic heterocycles. The average Bonchev–Trinajstić information content (AvgIpc) is 2.29. The van der Waals surface area contributed by atoms with Crippen LogP contribution < -0.4 is 5.73 Å². The van der Waals surface area contributed by atoms with Crippen LogP contribution in [0.1, 0.15) is 11.6 Å². The Labute approximate surface area is 112 Å². The molecule has 0 aliphatic rings. The SMILES string of the molecule is CN(CCS(C)(=O)=O)C(CN)c1ccc(F)cc1F. The summed E-state index contributed by atoms with van der Waals surface area (Å²) in [7, 11) is -1.44. The fraction of sp³-hybridized carbons (Fsp3) is 0.500. The summed E-state index contributed by atoms with van der Waals surface area (Å²) in [6.45, 7) is 0.348. The average molecular weight is 292 g/mol. The summed E-state index contributed by atoms with van der Waals surface area (Å²) in [5.41, 5.74) is 5.86. The van der Waals surface area contributed by atoms with Gasteiger partial charge in [0.05, 0.1) is 5.75 Å². The number of hydrogen-bond donors (Lipinski definition) is 1. The molecule has 0 aliphatic carbocycles. The van der Waals surface area contributed by atoms with E-state index in [9.17, 15) is 17.2 Å². The van der Waals surface area contributed by atoms with Gasteiger partial charge in [-0.05, 0) is 13.1 Å². The van der Waals surface area contributed by atoms with Crippen LogP contribution >= 0.6 is 0 Å². The van der Waals surface area contributed by atoms with Crippen LogP contribution in [0.2, 0.25) is 0 Å². The maximum absolute atomic E-state index is 13.7. The van der Waals surface area contributed by atoms with Crippen molar-refractivity contribution in [2.24, 2.45) is 5.73 Å². The highest BCUT2D eigenvalue weighted by molar-refractivity contribution is 7.90. The lowest BCUT2D eigenvalue weighted by atomic mass is 10.1. The first kappa shape index (κ1) is 16.0. The summed E-state index contributed by atoms with van der Waals surface area (Å²) in [6, 6.07) is 2.80. The Hall–Kier alpha value is -1.05. The van der Waals surface area contributed by atoms with Crippen molar-refractivity contribution in [3.8, 4) is 0 Å². The van der Waals surface area contributed by atoms with Gasteiger partial charge in [0.1, 0.15) is 21.5 Å². The van der Waals surface area contributed by atoms with Gasteiger partial charge < -0.3 is 5.73 Å². The smallest absolute Gasteiger partial charge is 0.148 e. The number of rotatable bonds is 6. The van der Waals surface area contributed by atoms with Crippen LogP contribution in [0.4, 0.5) is 8.78 Å². The van der Waals surface area contributed by atoms with Crippen molar-refractivity contribution < 1.29 is 17.2 Å². The van der Waals surface area contributed by atoms with Crippen molar-refractivity contribution >= 4 is 9.84 Å². The minimum absolute atomic E-state index is 0.0389. The van der Waals surface area contributed by atoms with E-state index in [-0.39, 0.29) is 24.4 Å². The summed E-state index contributed by atoms with van der Waals surface area (Å²) >= 11 is 0. The fourth-order valence-electron chi connectivity index (χ4n) is 1.78. The van der Waals surface area contributed by atoms with Gasteiger partial charge in [-0.3, -0.25) is 4.90 Å². The summed E-state index contributed by atoms with van der Waals surface area (Å²) < 4.78 is 48.8. The third-order valence-electron chi connectivity index (χ3n) is 2.89. The molecule has 0 aromatic heterocycles. The predicted molar refractivity (Wildman–Crippen MR) is 70.5 cm³/mol. The molecule has 0 amide bonds. The summed E-state index contributed by atoms with van der Waals surface area (Å²) in [5.74, 6) is -1.37. The van der Waals surface area contributed by atoms with Gasteiger partial charge in [0.2, 0.25) is 0 Å². The van der Waals surface area contributed by atoms with Gasteiger partial charge in [0.25, 0.3) is 0 Å². The normalized spacial score (nSPS) is 13.8. The predicted octanol–water partition coefficient (Wildman–Crippen LogP) is 0.941. The topological polar surface area (TPSA) is 63.4 Å². The van der Waals surface area contributed by atoms with Gasteiger partial charge >= 0.3 is 0 Å². The Kier molecular flexibility index (Phi) is 5.39. The summed E-state index contributed by atoms with van der Waals surface area (Å²) in [5, 5.41) is 0.